The molecule has 33 heavy (non-hydrogen) atoms. The van der Waals surface area contributed by atoms with E-state index in [9.17, 15) is 9.59 Å². The van der Waals surface area contributed by atoms with Crippen molar-refractivity contribution in [2.45, 2.75) is 72.0 Å². The fraction of sp³-hybridized carbons (Fsp3) is 0.462. The van der Waals surface area contributed by atoms with E-state index in [1.54, 1.807) is 17.0 Å². The highest BCUT2D eigenvalue weighted by Crippen LogP contribution is 2.29. The van der Waals surface area contributed by atoms with Gasteiger partial charge in [-0.15, -0.1) is 0 Å². The van der Waals surface area contributed by atoms with Crippen LogP contribution in [-0.2, 0) is 16.1 Å². The summed E-state index contributed by atoms with van der Waals surface area (Å²) in [6.45, 7) is 12.0. The van der Waals surface area contributed by atoms with E-state index >= 15 is 0 Å². The third kappa shape index (κ3) is 8.35. The Morgan fingerprint density at radius 2 is 1.76 bits per heavy atom. The second kappa shape index (κ2) is 11.9. The normalized spacial score (nSPS) is 12.4. The Hall–Kier alpha value is -2.05. The Balaban J connectivity index is 2.24. The van der Waals surface area contributed by atoms with Gasteiger partial charge >= 0.3 is 0 Å². The molecule has 2 aromatic rings. The number of hydrogen-bond acceptors (Lipinski definition) is 3. The van der Waals surface area contributed by atoms with E-state index in [1.807, 2.05) is 58.0 Å². The maximum absolute atomic E-state index is 13.3. The van der Waals surface area contributed by atoms with Crippen LogP contribution in [-0.4, -0.2) is 34.9 Å². The molecule has 0 radical (unpaired) electrons. The molecule has 0 heterocycles. The molecule has 0 fully saturated rings. The molecule has 180 valence electrons. The van der Waals surface area contributed by atoms with Crippen molar-refractivity contribution in [3.63, 3.8) is 0 Å². The van der Waals surface area contributed by atoms with Crippen LogP contribution in [0.3, 0.4) is 0 Å². The van der Waals surface area contributed by atoms with Crippen molar-refractivity contribution in [2.75, 3.05) is 6.61 Å². The highest BCUT2D eigenvalue weighted by molar-refractivity contribution is 9.10. The molecule has 0 aliphatic rings. The van der Waals surface area contributed by atoms with Crippen molar-refractivity contribution in [3.8, 4) is 5.75 Å². The molecule has 1 N–H and O–H groups in total. The number of ether oxygens (including phenoxy) is 1. The molecule has 0 aliphatic carbocycles. The van der Waals surface area contributed by atoms with Crippen LogP contribution in [0.1, 0.15) is 65.0 Å². The molecular weight excluding hydrogens is 504 g/mol. The number of amides is 2. The van der Waals surface area contributed by atoms with Gasteiger partial charge in [0.25, 0.3) is 5.91 Å². The van der Waals surface area contributed by atoms with E-state index in [4.69, 9.17) is 16.3 Å². The van der Waals surface area contributed by atoms with Crippen molar-refractivity contribution in [3.05, 3.63) is 63.1 Å². The Morgan fingerprint density at radius 3 is 2.27 bits per heavy atom. The summed E-state index contributed by atoms with van der Waals surface area (Å²) in [5.41, 5.74) is 1.66. The van der Waals surface area contributed by atoms with Crippen LogP contribution in [0.2, 0.25) is 5.02 Å². The zero-order valence-electron chi connectivity index (χ0n) is 20.2. The minimum absolute atomic E-state index is 0.174. The molecule has 2 amide bonds. The fourth-order valence-electron chi connectivity index (χ4n) is 3.37. The van der Waals surface area contributed by atoms with E-state index < -0.39 is 11.6 Å². The molecule has 2 rings (SSSR count). The molecule has 0 aliphatic heterocycles. The highest BCUT2D eigenvalue weighted by atomic mass is 79.9. The Kier molecular flexibility index (Phi) is 9.80. The second-order valence-electron chi connectivity index (χ2n) is 9.44. The summed E-state index contributed by atoms with van der Waals surface area (Å²) in [6, 6.07) is 12.5. The minimum atomic E-state index is -0.622. The van der Waals surface area contributed by atoms with Gasteiger partial charge in [-0.2, -0.15) is 0 Å². The average molecular weight is 538 g/mol. The smallest absolute Gasteiger partial charge is 0.261 e. The van der Waals surface area contributed by atoms with Crippen LogP contribution in [0.25, 0.3) is 0 Å². The number of benzene rings is 2. The number of halogens is 2. The topological polar surface area (TPSA) is 58.6 Å². The Labute approximate surface area is 211 Å². The van der Waals surface area contributed by atoms with E-state index in [0.717, 1.165) is 10.0 Å². The second-order valence-corrected chi connectivity index (χ2v) is 10.7. The zero-order chi connectivity index (χ0) is 24.8. The number of rotatable bonds is 9. The monoisotopic (exact) mass is 536 g/mol. The van der Waals surface area contributed by atoms with Gasteiger partial charge in [-0.1, -0.05) is 50.6 Å². The number of nitrogens with one attached hydrogen (secondary N) is 1. The van der Waals surface area contributed by atoms with Gasteiger partial charge < -0.3 is 15.0 Å². The van der Waals surface area contributed by atoms with Crippen molar-refractivity contribution in [1.29, 1.82) is 0 Å². The molecule has 1 atom stereocenters. The summed E-state index contributed by atoms with van der Waals surface area (Å²) in [5, 5.41) is 3.62. The van der Waals surface area contributed by atoms with Gasteiger partial charge in [0.2, 0.25) is 5.91 Å². The molecule has 0 saturated carbocycles. The number of nitrogens with zero attached hydrogens (tertiary/aromatic N) is 1. The molecule has 0 unspecified atom stereocenters. The van der Waals surface area contributed by atoms with Gasteiger partial charge in [-0.05, 0) is 84.4 Å². The standard InChI is InChI=1S/C26H34BrClN2O3/c1-7-22(25(32)29-26(4,5)6)30(15-18-8-11-20(28)12-9-18)24(31)16-33-23-13-10-19(17(2)3)14-21(23)27/h8-14,17,22H,7,15-16H2,1-6H3,(H,29,32)/t22-/m0/s1. The molecule has 0 saturated heterocycles. The van der Waals surface area contributed by atoms with Crippen LogP contribution in [0.5, 0.6) is 5.75 Å². The number of carbonyl (C=O) groups excluding carboxylic acids is 2. The molecule has 0 spiro atoms. The first kappa shape index (κ1) is 27.2. The van der Waals surface area contributed by atoms with Crippen LogP contribution < -0.4 is 10.1 Å². The predicted octanol–water partition coefficient (Wildman–Crippen LogP) is 6.33. The summed E-state index contributed by atoms with van der Waals surface area (Å²) >= 11 is 9.55. The lowest BCUT2D eigenvalue weighted by atomic mass is 10.0. The lowest BCUT2D eigenvalue weighted by molar-refractivity contribution is -0.143. The molecule has 5 nitrogen and oxygen atoms in total. The van der Waals surface area contributed by atoms with Crippen molar-refractivity contribution in [1.82, 2.24) is 10.2 Å². The van der Waals surface area contributed by atoms with Crippen LogP contribution in [0.4, 0.5) is 0 Å². The van der Waals surface area contributed by atoms with Crippen LogP contribution >= 0.6 is 27.5 Å². The predicted molar refractivity (Wildman–Crippen MR) is 138 cm³/mol. The van der Waals surface area contributed by atoms with Gasteiger partial charge in [0, 0.05) is 17.1 Å². The minimum Gasteiger partial charge on any atom is -0.483 e. The highest BCUT2D eigenvalue weighted by Gasteiger charge is 2.31. The molecule has 2 aromatic carbocycles. The third-order valence-corrected chi connectivity index (χ3v) is 6.00. The number of carbonyl (C=O) groups is 2. The first-order valence-electron chi connectivity index (χ1n) is 11.2. The maximum atomic E-state index is 13.3. The first-order chi connectivity index (χ1) is 15.4. The number of hydrogen-bond donors (Lipinski definition) is 1. The maximum Gasteiger partial charge on any atom is 0.261 e. The van der Waals surface area contributed by atoms with E-state index in [0.29, 0.717) is 23.1 Å². The van der Waals surface area contributed by atoms with Crippen molar-refractivity contribution in [2.24, 2.45) is 0 Å². The van der Waals surface area contributed by atoms with Gasteiger partial charge in [0.05, 0.1) is 4.47 Å². The molecule has 0 aromatic heterocycles. The Bertz CT molecular complexity index is 955. The fourth-order valence-corrected chi connectivity index (χ4v) is 4.01. The largest absolute Gasteiger partial charge is 0.483 e. The van der Waals surface area contributed by atoms with E-state index in [2.05, 4.69) is 35.1 Å². The van der Waals surface area contributed by atoms with E-state index in [-0.39, 0.29) is 25.0 Å². The Morgan fingerprint density at radius 1 is 1.12 bits per heavy atom. The van der Waals surface area contributed by atoms with Gasteiger partial charge in [-0.3, -0.25) is 9.59 Å². The van der Waals surface area contributed by atoms with Gasteiger partial charge in [0.1, 0.15) is 11.8 Å². The van der Waals surface area contributed by atoms with E-state index in [1.165, 1.54) is 5.56 Å². The van der Waals surface area contributed by atoms with Gasteiger partial charge in [-0.25, -0.2) is 0 Å². The quantitative estimate of drug-likeness (QED) is 0.407. The zero-order valence-corrected chi connectivity index (χ0v) is 22.6. The van der Waals surface area contributed by atoms with Gasteiger partial charge in [0.15, 0.2) is 6.61 Å². The van der Waals surface area contributed by atoms with Crippen molar-refractivity contribution >= 4 is 39.3 Å². The third-order valence-electron chi connectivity index (χ3n) is 5.12. The summed E-state index contributed by atoms with van der Waals surface area (Å²) in [7, 11) is 0. The summed E-state index contributed by atoms with van der Waals surface area (Å²) in [4.78, 5) is 27.9. The average Bonchev–Trinajstić information content (AvgIpc) is 2.72. The summed E-state index contributed by atoms with van der Waals surface area (Å²) in [5.74, 6) is 0.528. The first-order valence-corrected chi connectivity index (χ1v) is 12.4. The molecule has 0 bridgehead atoms. The molecular formula is C26H34BrClN2O3. The lowest BCUT2D eigenvalue weighted by Crippen LogP contribution is -2.54. The lowest BCUT2D eigenvalue weighted by Gasteiger charge is -2.33. The van der Waals surface area contributed by atoms with Crippen molar-refractivity contribution < 1.29 is 14.3 Å². The SMILES string of the molecule is CC[C@@H](C(=O)NC(C)(C)C)N(Cc1ccc(Cl)cc1)C(=O)COc1ccc(C(C)C)cc1Br. The van der Waals surface area contributed by atoms with Crippen LogP contribution in [0.15, 0.2) is 46.9 Å². The van der Waals surface area contributed by atoms with Crippen LogP contribution in [0, 0.1) is 0 Å². The summed E-state index contributed by atoms with van der Waals surface area (Å²) < 4.78 is 6.65. The molecule has 7 heteroatoms. The summed E-state index contributed by atoms with van der Waals surface area (Å²) in [6.07, 6.45) is 0.480.